The minimum Gasteiger partial charge on any atom is -0.383 e. The van der Waals surface area contributed by atoms with Crippen molar-refractivity contribution in [3.8, 4) is 0 Å². The summed E-state index contributed by atoms with van der Waals surface area (Å²) in [6.07, 6.45) is 8.27. The third kappa shape index (κ3) is 4.44. The molecule has 0 spiro atoms. The van der Waals surface area contributed by atoms with Crippen molar-refractivity contribution in [1.29, 1.82) is 0 Å². The third-order valence-electron chi connectivity index (χ3n) is 5.45. The van der Waals surface area contributed by atoms with Crippen LogP contribution in [0.2, 0.25) is 0 Å². The quantitative estimate of drug-likeness (QED) is 0.704. The Morgan fingerprint density at radius 3 is 2.55 bits per heavy atom. The first-order chi connectivity index (χ1) is 9.71. The largest absolute Gasteiger partial charge is 0.383 e. The first-order valence-corrected chi connectivity index (χ1v) is 8.64. The Kier molecular flexibility index (Phi) is 6.31. The maximum absolute atomic E-state index is 5.35. The SMILES string of the molecule is CCCC1(CN(CCOC)C(C)C2CC2)CCNCC1. The molecule has 1 atom stereocenters. The van der Waals surface area contributed by atoms with Crippen LogP contribution in [0.15, 0.2) is 0 Å². The summed E-state index contributed by atoms with van der Waals surface area (Å²) in [5.41, 5.74) is 0.552. The lowest BCUT2D eigenvalue weighted by Crippen LogP contribution is -2.48. The molecular weight excluding hydrogens is 248 g/mol. The van der Waals surface area contributed by atoms with Crippen LogP contribution >= 0.6 is 0 Å². The second-order valence-electron chi connectivity index (χ2n) is 7.04. The normalized spacial score (nSPS) is 24.0. The van der Waals surface area contributed by atoms with Gasteiger partial charge in [0.2, 0.25) is 0 Å². The van der Waals surface area contributed by atoms with Crippen LogP contribution in [0.5, 0.6) is 0 Å². The number of hydrogen-bond donors (Lipinski definition) is 1. The Balaban J connectivity index is 1.98. The minimum atomic E-state index is 0.552. The van der Waals surface area contributed by atoms with E-state index in [2.05, 4.69) is 24.1 Å². The molecule has 2 rings (SSSR count). The summed E-state index contributed by atoms with van der Waals surface area (Å²) in [6.45, 7) is 10.4. The van der Waals surface area contributed by atoms with Crippen molar-refractivity contribution in [1.82, 2.24) is 10.2 Å². The molecule has 0 aromatic carbocycles. The molecule has 0 amide bonds. The molecular formula is C17H34N2O. The molecule has 2 fully saturated rings. The molecule has 20 heavy (non-hydrogen) atoms. The Hall–Kier alpha value is -0.120. The van der Waals surface area contributed by atoms with Gasteiger partial charge in [0.1, 0.15) is 0 Å². The topological polar surface area (TPSA) is 24.5 Å². The van der Waals surface area contributed by atoms with Crippen LogP contribution in [0.3, 0.4) is 0 Å². The van der Waals surface area contributed by atoms with Crippen LogP contribution in [0, 0.1) is 11.3 Å². The molecule has 1 aliphatic heterocycles. The van der Waals surface area contributed by atoms with E-state index in [4.69, 9.17) is 4.74 Å². The highest BCUT2D eigenvalue weighted by molar-refractivity contribution is 4.92. The summed E-state index contributed by atoms with van der Waals surface area (Å²) in [4.78, 5) is 2.74. The molecule has 1 saturated heterocycles. The van der Waals surface area contributed by atoms with Crippen molar-refractivity contribution in [2.45, 2.75) is 58.4 Å². The molecule has 3 nitrogen and oxygen atoms in total. The van der Waals surface area contributed by atoms with E-state index in [1.807, 2.05) is 7.11 Å². The van der Waals surface area contributed by atoms with Gasteiger partial charge in [0.25, 0.3) is 0 Å². The Bertz CT molecular complexity index is 267. The molecule has 1 unspecified atom stereocenters. The third-order valence-corrected chi connectivity index (χ3v) is 5.45. The van der Waals surface area contributed by atoms with Crippen molar-refractivity contribution >= 4 is 0 Å². The zero-order valence-electron chi connectivity index (χ0n) is 13.8. The van der Waals surface area contributed by atoms with E-state index in [9.17, 15) is 0 Å². The van der Waals surface area contributed by atoms with Gasteiger partial charge in [0.05, 0.1) is 6.61 Å². The zero-order chi connectivity index (χ0) is 14.4. The predicted molar refractivity (Wildman–Crippen MR) is 85.1 cm³/mol. The van der Waals surface area contributed by atoms with Crippen molar-refractivity contribution < 1.29 is 4.74 Å². The van der Waals surface area contributed by atoms with Crippen molar-refractivity contribution in [2.75, 3.05) is 39.9 Å². The van der Waals surface area contributed by atoms with Crippen molar-refractivity contribution in [3.63, 3.8) is 0 Å². The highest BCUT2D eigenvalue weighted by Gasteiger charge is 2.38. The van der Waals surface area contributed by atoms with E-state index >= 15 is 0 Å². The lowest BCUT2D eigenvalue weighted by atomic mass is 9.74. The Morgan fingerprint density at radius 1 is 1.30 bits per heavy atom. The molecule has 1 N–H and O–H groups in total. The average molecular weight is 282 g/mol. The summed E-state index contributed by atoms with van der Waals surface area (Å²) < 4.78 is 5.35. The molecule has 0 aromatic heterocycles. The second-order valence-corrected chi connectivity index (χ2v) is 7.04. The van der Waals surface area contributed by atoms with Gasteiger partial charge in [-0.2, -0.15) is 0 Å². The molecule has 0 radical (unpaired) electrons. The minimum absolute atomic E-state index is 0.552. The number of piperidine rings is 1. The fourth-order valence-electron chi connectivity index (χ4n) is 3.92. The van der Waals surface area contributed by atoms with Gasteiger partial charge >= 0.3 is 0 Å². The predicted octanol–water partition coefficient (Wildman–Crippen LogP) is 2.90. The van der Waals surface area contributed by atoms with E-state index in [0.29, 0.717) is 5.41 Å². The maximum atomic E-state index is 5.35. The van der Waals surface area contributed by atoms with E-state index in [-0.39, 0.29) is 0 Å². The van der Waals surface area contributed by atoms with Gasteiger partial charge in [-0.05, 0) is 63.5 Å². The number of hydrogen-bond acceptors (Lipinski definition) is 3. The monoisotopic (exact) mass is 282 g/mol. The van der Waals surface area contributed by atoms with E-state index in [1.165, 1.54) is 58.2 Å². The van der Waals surface area contributed by atoms with Gasteiger partial charge in [0, 0.05) is 26.2 Å². The fourth-order valence-corrected chi connectivity index (χ4v) is 3.92. The fraction of sp³-hybridized carbons (Fsp3) is 1.00. The second kappa shape index (κ2) is 7.77. The smallest absolute Gasteiger partial charge is 0.0589 e. The number of rotatable bonds is 9. The van der Waals surface area contributed by atoms with Crippen molar-refractivity contribution in [3.05, 3.63) is 0 Å². The number of nitrogens with zero attached hydrogens (tertiary/aromatic N) is 1. The summed E-state index contributed by atoms with van der Waals surface area (Å²) in [5, 5.41) is 3.54. The Labute approximate surface area is 125 Å². The van der Waals surface area contributed by atoms with E-state index in [1.54, 1.807) is 0 Å². The Morgan fingerprint density at radius 2 is 2.00 bits per heavy atom. The van der Waals surface area contributed by atoms with Crippen LogP contribution in [-0.4, -0.2) is 50.8 Å². The average Bonchev–Trinajstić information content (AvgIpc) is 3.28. The van der Waals surface area contributed by atoms with Gasteiger partial charge in [0.15, 0.2) is 0 Å². The first kappa shape index (κ1) is 16.3. The van der Waals surface area contributed by atoms with Gasteiger partial charge in [-0.25, -0.2) is 0 Å². The molecule has 1 saturated carbocycles. The van der Waals surface area contributed by atoms with Crippen LogP contribution in [0.25, 0.3) is 0 Å². The summed E-state index contributed by atoms with van der Waals surface area (Å²) >= 11 is 0. The molecule has 2 aliphatic rings. The molecule has 1 heterocycles. The maximum Gasteiger partial charge on any atom is 0.0589 e. The molecule has 0 bridgehead atoms. The van der Waals surface area contributed by atoms with E-state index < -0.39 is 0 Å². The molecule has 1 aliphatic carbocycles. The first-order valence-electron chi connectivity index (χ1n) is 8.64. The van der Waals surface area contributed by atoms with Crippen LogP contribution < -0.4 is 5.32 Å². The molecule has 0 aromatic rings. The highest BCUT2D eigenvalue weighted by atomic mass is 16.5. The van der Waals surface area contributed by atoms with Gasteiger partial charge in [-0.1, -0.05) is 13.3 Å². The summed E-state index contributed by atoms with van der Waals surface area (Å²) in [7, 11) is 1.83. The van der Waals surface area contributed by atoms with E-state index in [0.717, 1.165) is 25.1 Å². The molecule has 118 valence electrons. The lowest BCUT2D eigenvalue weighted by Gasteiger charge is -2.43. The van der Waals surface area contributed by atoms with Gasteiger partial charge in [-0.15, -0.1) is 0 Å². The number of ether oxygens (including phenoxy) is 1. The number of nitrogens with one attached hydrogen (secondary N) is 1. The lowest BCUT2D eigenvalue weighted by molar-refractivity contribution is 0.0498. The zero-order valence-corrected chi connectivity index (χ0v) is 13.8. The van der Waals surface area contributed by atoms with Gasteiger partial charge < -0.3 is 10.1 Å². The van der Waals surface area contributed by atoms with Gasteiger partial charge in [-0.3, -0.25) is 4.90 Å². The van der Waals surface area contributed by atoms with Crippen LogP contribution in [-0.2, 0) is 4.74 Å². The van der Waals surface area contributed by atoms with Crippen molar-refractivity contribution in [2.24, 2.45) is 11.3 Å². The highest BCUT2D eigenvalue weighted by Crippen LogP contribution is 2.39. The van der Waals surface area contributed by atoms with Crippen LogP contribution in [0.1, 0.15) is 52.4 Å². The standard InChI is InChI=1S/C17H34N2O/c1-4-7-17(8-10-18-11-9-17)14-19(12-13-20-3)15(2)16-5-6-16/h15-16,18H,4-14H2,1-3H3. The molecule has 3 heteroatoms. The van der Waals surface area contributed by atoms with Crippen LogP contribution in [0.4, 0.5) is 0 Å². The number of methoxy groups -OCH3 is 1. The summed E-state index contributed by atoms with van der Waals surface area (Å²) in [6, 6.07) is 0.744. The summed E-state index contributed by atoms with van der Waals surface area (Å²) in [5.74, 6) is 0.951.